The maximum atomic E-state index is 5.95. The summed E-state index contributed by atoms with van der Waals surface area (Å²) < 4.78 is 0. The Labute approximate surface area is 108 Å². The number of piperidine rings is 1. The normalized spacial score (nSPS) is 26.6. The van der Waals surface area contributed by atoms with Crippen molar-refractivity contribution < 1.29 is 0 Å². The van der Waals surface area contributed by atoms with E-state index in [1.807, 2.05) is 0 Å². The van der Waals surface area contributed by atoms with Crippen molar-refractivity contribution in [2.45, 2.75) is 45.7 Å². The molecule has 2 heterocycles. The number of thiazole rings is 1. The lowest BCUT2D eigenvalue weighted by Crippen LogP contribution is -2.45. The molecule has 2 atom stereocenters. The molecule has 2 rings (SSSR count). The molecule has 1 fully saturated rings. The molecule has 1 saturated heterocycles. The predicted molar refractivity (Wildman–Crippen MR) is 73.2 cm³/mol. The molecule has 3 nitrogen and oxygen atoms in total. The highest BCUT2D eigenvalue weighted by molar-refractivity contribution is 7.09. The van der Waals surface area contributed by atoms with Crippen LogP contribution in [0.15, 0.2) is 5.38 Å². The van der Waals surface area contributed by atoms with Crippen LogP contribution in [0.1, 0.15) is 43.4 Å². The first-order chi connectivity index (χ1) is 8.13. The zero-order chi connectivity index (χ0) is 12.4. The van der Waals surface area contributed by atoms with Gasteiger partial charge in [0.1, 0.15) is 0 Å². The second-order valence-corrected chi connectivity index (χ2v) is 6.27. The van der Waals surface area contributed by atoms with Crippen molar-refractivity contribution in [1.29, 1.82) is 0 Å². The van der Waals surface area contributed by atoms with E-state index in [-0.39, 0.29) is 0 Å². The number of hydrogen-bond donors (Lipinski definition) is 1. The Morgan fingerprint density at radius 3 is 2.88 bits per heavy atom. The molecule has 2 N–H and O–H groups in total. The monoisotopic (exact) mass is 253 g/mol. The second kappa shape index (κ2) is 5.46. The molecular formula is C13H23N3S. The summed E-state index contributed by atoms with van der Waals surface area (Å²) >= 11 is 1.75. The van der Waals surface area contributed by atoms with Crippen molar-refractivity contribution in [2.24, 2.45) is 11.7 Å². The van der Waals surface area contributed by atoms with Gasteiger partial charge in [0.05, 0.1) is 16.7 Å². The summed E-state index contributed by atoms with van der Waals surface area (Å²) in [7, 11) is 0. The summed E-state index contributed by atoms with van der Waals surface area (Å²) in [6.45, 7) is 8.56. The van der Waals surface area contributed by atoms with Crippen molar-refractivity contribution >= 4 is 11.3 Å². The molecule has 0 aliphatic carbocycles. The molecule has 0 amide bonds. The van der Waals surface area contributed by atoms with Crippen LogP contribution in [0.4, 0.5) is 0 Å². The fourth-order valence-electron chi connectivity index (χ4n) is 2.86. The van der Waals surface area contributed by atoms with Crippen LogP contribution >= 0.6 is 11.3 Å². The molecule has 0 aromatic carbocycles. The Kier molecular flexibility index (Phi) is 4.17. The fraction of sp³-hybridized carbons (Fsp3) is 0.769. The summed E-state index contributed by atoms with van der Waals surface area (Å²) in [6.07, 6.45) is 2.50. The smallest absolute Gasteiger partial charge is 0.0898 e. The summed E-state index contributed by atoms with van der Waals surface area (Å²) in [5.74, 6) is 0.563. The van der Waals surface area contributed by atoms with Crippen LogP contribution in [0.2, 0.25) is 0 Å². The van der Waals surface area contributed by atoms with E-state index in [1.54, 1.807) is 11.3 Å². The molecule has 4 heteroatoms. The second-order valence-electron chi connectivity index (χ2n) is 5.21. The standard InChI is InChI=1S/C13H23N3S/c1-9(2)16-6-4-5-11(7-14)13(16)12-8-17-10(3)15-12/h8-9,11,13H,4-7,14H2,1-3H3. The Hall–Kier alpha value is -0.450. The largest absolute Gasteiger partial charge is 0.330 e. The van der Waals surface area contributed by atoms with E-state index in [1.165, 1.54) is 25.1 Å². The molecule has 0 radical (unpaired) electrons. The number of nitrogens with two attached hydrogens (primary N) is 1. The number of aryl methyl sites for hydroxylation is 1. The number of likely N-dealkylation sites (tertiary alicyclic amines) is 1. The van der Waals surface area contributed by atoms with Crippen molar-refractivity contribution in [3.63, 3.8) is 0 Å². The van der Waals surface area contributed by atoms with Gasteiger partial charge in [0.2, 0.25) is 0 Å². The van der Waals surface area contributed by atoms with E-state index in [4.69, 9.17) is 5.73 Å². The molecule has 2 unspecified atom stereocenters. The van der Waals surface area contributed by atoms with Crippen LogP contribution in [0, 0.1) is 12.8 Å². The van der Waals surface area contributed by atoms with E-state index in [0.29, 0.717) is 18.0 Å². The maximum absolute atomic E-state index is 5.95. The molecule has 1 aliphatic heterocycles. The lowest BCUT2D eigenvalue weighted by Gasteiger charge is -2.42. The first kappa shape index (κ1) is 13.0. The SMILES string of the molecule is Cc1nc(C2C(CN)CCCN2C(C)C)cs1. The van der Waals surface area contributed by atoms with Crippen LogP contribution in [-0.4, -0.2) is 29.0 Å². The van der Waals surface area contributed by atoms with E-state index in [9.17, 15) is 0 Å². The predicted octanol–water partition coefficient (Wildman–Crippen LogP) is 2.57. The number of nitrogens with zero attached hydrogens (tertiary/aromatic N) is 2. The third kappa shape index (κ3) is 2.69. The number of rotatable bonds is 3. The summed E-state index contributed by atoms with van der Waals surface area (Å²) in [6, 6.07) is 0.995. The van der Waals surface area contributed by atoms with Gasteiger partial charge in [0, 0.05) is 11.4 Å². The minimum absolute atomic E-state index is 0.429. The Morgan fingerprint density at radius 1 is 1.59 bits per heavy atom. The van der Waals surface area contributed by atoms with Crippen LogP contribution in [0.25, 0.3) is 0 Å². The first-order valence-electron chi connectivity index (χ1n) is 6.51. The molecule has 96 valence electrons. The first-order valence-corrected chi connectivity index (χ1v) is 7.39. The average molecular weight is 253 g/mol. The fourth-order valence-corrected chi connectivity index (χ4v) is 3.50. The number of aromatic nitrogens is 1. The van der Waals surface area contributed by atoms with Gasteiger partial charge >= 0.3 is 0 Å². The van der Waals surface area contributed by atoms with Crippen LogP contribution in [0.3, 0.4) is 0 Å². The van der Waals surface area contributed by atoms with Gasteiger partial charge in [-0.1, -0.05) is 0 Å². The Morgan fingerprint density at radius 2 is 2.35 bits per heavy atom. The van der Waals surface area contributed by atoms with Crippen molar-refractivity contribution in [3.8, 4) is 0 Å². The quantitative estimate of drug-likeness (QED) is 0.900. The van der Waals surface area contributed by atoms with Gasteiger partial charge in [0.25, 0.3) is 0 Å². The molecule has 17 heavy (non-hydrogen) atoms. The van der Waals surface area contributed by atoms with E-state index in [0.717, 1.165) is 11.6 Å². The van der Waals surface area contributed by atoms with Gasteiger partial charge in [-0.2, -0.15) is 0 Å². The third-order valence-electron chi connectivity index (χ3n) is 3.70. The molecule has 1 aliphatic rings. The molecule has 1 aromatic heterocycles. The topological polar surface area (TPSA) is 42.1 Å². The lowest BCUT2D eigenvalue weighted by molar-refractivity contribution is 0.0642. The zero-order valence-electron chi connectivity index (χ0n) is 11.0. The Bertz CT molecular complexity index is 361. The third-order valence-corrected chi connectivity index (χ3v) is 4.49. The van der Waals surface area contributed by atoms with Gasteiger partial charge in [-0.25, -0.2) is 4.98 Å². The van der Waals surface area contributed by atoms with Crippen molar-refractivity contribution in [1.82, 2.24) is 9.88 Å². The van der Waals surface area contributed by atoms with Crippen LogP contribution < -0.4 is 5.73 Å². The van der Waals surface area contributed by atoms with E-state index in [2.05, 4.69) is 36.0 Å². The summed E-state index contributed by atoms with van der Waals surface area (Å²) in [5, 5.41) is 3.37. The highest BCUT2D eigenvalue weighted by atomic mass is 32.1. The molecule has 0 spiro atoms. The van der Waals surface area contributed by atoms with Gasteiger partial charge in [-0.3, -0.25) is 4.90 Å². The highest BCUT2D eigenvalue weighted by Crippen LogP contribution is 2.36. The minimum Gasteiger partial charge on any atom is -0.330 e. The zero-order valence-corrected chi connectivity index (χ0v) is 11.8. The molecule has 0 bridgehead atoms. The van der Waals surface area contributed by atoms with E-state index < -0.39 is 0 Å². The summed E-state index contributed by atoms with van der Waals surface area (Å²) in [4.78, 5) is 7.25. The van der Waals surface area contributed by atoms with Gasteiger partial charge in [0.15, 0.2) is 0 Å². The lowest BCUT2D eigenvalue weighted by atomic mass is 9.86. The van der Waals surface area contributed by atoms with Gasteiger partial charge in [-0.15, -0.1) is 11.3 Å². The van der Waals surface area contributed by atoms with E-state index >= 15 is 0 Å². The van der Waals surface area contributed by atoms with Crippen molar-refractivity contribution in [3.05, 3.63) is 16.1 Å². The average Bonchev–Trinajstić information content (AvgIpc) is 2.74. The van der Waals surface area contributed by atoms with Crippen LogP contribution in [-0.2, 0) is 0 Å². The maximum Gasteiger partial charge on any atom is 0.0898 e. The Balaban J connectivity index is 2.28. The van der Waals surface area contributed by atoms with Gasteiger partial charge < -0.3 is 5.73 Å². The highest BCUT2D eigenvalue weighted by Gasteiger charge is 2.34. The van der Waals surface area contributed by atoms with Crippen LogP contribution in [0.5, 0.6) is 0 Å². The molecule has 0 saturated carbocycles. The number of hydrogen-bond acceptors (Lipinski definition) is 4. The molecular weight excluding hydrogens is 230 g/mol. The molecule has 1 aromatic rings. The van der Waals surface area contributed by atoms with Crippen molar-refractivity contribution in [2.75, 3.05) is 13.1 Å². The minimum atomic E-state index is 0.429. The van der Waals surface area contributed by atoms with Gasteiger partial charge in [-0.05, 0) is 52.6 Å². The summed E-state index contributed by atoms with van der Waals surface area (Å²) in [5.41, 5.74) is 7.18.